The summed E-state index contributed by atoms with van der Waals surface area (Å²) < 4.78 is 59.9. The number of hydrogen-bond donors (Lipinski definition) is 3. The average Bonchev–Trinajstić information content (AvgIpc) is 2.14. The summed E-state index contributed by atoms with van der Waals surface area (Å²) in [5, 5.41) is 17.7. The van der Waals surface area contributed by atoms with Crippen molar-refractivity contribution in [1.82, 2.24) is 5.32 Å². The molecule has 17 heavy (non-hydrogen) atoms. The molecule has 0 aromatic carbocycles. The zero-order valence-electron chi connectivity index (χ0n) is 8.09. The molecule has 3 N–H and O–H groups in total. The first-order valence-electron chi connectivity index (χ1n) is 4.13. The van der Waals surface area contributed by atoms with Crippen molar-refractivity contribution < 1.29 is 41.8 Å². The van der Waals surface area contributed by atoms with Crippen LogP contribution in [0.2, 0.25) is 0 Å². The van der Waals surface area contributed by atoms with E-state index in [0.717, 1.165) is 5.32 Å². The normalized spacial score (nSPS) is 14.2. The standard InChI is InChI=1S/C7H8F5NO4/c8-6(9,7(10,11)12)5(17)13-3(1-2-14)4(15)16/h3,14H,1-2H2,(H,13,17)(H,15,16)/t3-/m0/s1. The minimum Gasteiger partial charge on any atom is -0.480 e. The van der Waals surface area contributed by atoms with Crippen LogP contribution < -0.4 is 5.32 Å². The zero-order valence-corrected chi connectivity index (χ0v) is 8.09. The number of aliphatic hydroxyl groups excluding tert-OH is 1. The largest absolute Gasteiger partial charge is 0.480 e. The lowest BCUT2D eigenvalue weighted by atomic mass is 10.2. The summed E-state index contributed by atoms with van der Waals surface area (Å²) in [4.78, 5) is 20.9. The Hall–Kier alpha value is -1.45. The molecule has 0 bridgehead atoms. The van der Waals surface area contributed by atoms with Crippen LogP contribution in [0.3, 0.4) is 0 Å². The SMILES string of the molecule is O=C(O)[C@H](CCO)NC(=O)C(F)(F)C(F)(F)F. The predicted octanol–water partition coefficient (Wildman–Crippen LogP) is 0.136. The van der Waals surface area contributed by atoms with Gasteiger partial charge in [0, 0.05) is 13.0 Å². The maximum absolute atomic E-state index is 12.4. The third kappa shape index (κ3) is 3.80. The van der Waals surface area contributed by atoms with E-state index in [0.29, 0.717) is 0 Å². The molecular weight excluding hydrogens is 257 g/mol. The highest BCUT2D eigenvalue weighted by atomic mass is 19.4. The molecule has 0 spiro atoms. The minimum atomic E-state index is -6.11. The molecule has 0 aromatic heterocycles. The minimum absolute atomic E-state index is 0.686. The quantitative estimate of drug-likeness (QED) is 0.617. The summed E-state index contributed by atoms with van der Waals surface area (Å²) in [5.74, 6) is -10.3. The number of nitrogens with one attached hydrogen (secondary N) is 1. The van der Waals surface area contributed by atoms with E-state index in [4.69, 9.17) is 10.2 Å². The molecule has 0 heterocycles. The molecule has 0 aliphatic heterocycles. The van der Waals surface area contributed by atoms with Crippen LogP contribution in [-0.4, -0.2) is 46.8 Å². The van der Waals surface area contributed by atoms with Gasteiger partial charge in [0.25, 0.3) is 0 Å². The summed E-state index contributed by atoms with van der Waals surface area (Å²) in [6.45, 7) is -0.797. The third-order valence-corrected chi connectivity index (χ3v) is 1.66. The van der Waals surface area contributed by atoms with Crippen LogP contribution in [0.5, 0.6) is 0 Å². The number of aliphatic hydroxyl groups is 1. The lowest BCUT2D eigenvalue weighted by molar-refractivity contribution is -0.270. The van der Waals surface area contributed by atoms with Crippen LogP contribution in [0.4, 0.5) is 22.0 Å². The number of amides is 1. The molecular formula is C7H8F5NO4. The first-order valence-corrected chi connectivity index (χ1v) is 4.13. The summed E-state index contributed by atoms with van der Waals surface area (Å²) in [5.41, 5.74) is 0. The van der Waals surface area contributed by atoms with Crippen molar-refractivity contribution in [2.24, 2.45) is 0 Å². The average molecular weight is 265 g/mol. The molecule has 0 rings (SSSR count). The van der Waals surface area contributed by atoms with Crippen molar-refractivity contribution in [3.05, 3.63) is 0 Å². The smallest absolute Gasteiger partial charge is 0.463 e. The number of alkyl halides is 5. The van der Waals surface area contributed by atoms with E-state index in [1.165, 1.54) is 0 Å². The summed E-state index contributed by atoms with van der Waals surface area (Å²) in [6.07, 6.45) is -6.80. The zero-order chi connectivity index (χ0) is 13.9. The van der Waals surface area contributed by atoms with Crippen molar-refractivity contribution in [2.45, 2.75) is 24.6 Å². The fourth-order valence-electron chi connectivity index (χ4n) is 0.764. The van der Waals surface area contributed by atoms with Gasteiger partial charge in [0.05, 0.1) is 0 Å². The lowest BCUT2D eigenvalue weighted by Crippen LogP contribution is -2.54. The highest BCUT2D eigenvalue weighted by Gasteiger charge is 2.63. The molecule has 0 saturated carbocycles. The second-order valence-electron chi connectivity index (χ2n) is 2.95. The van der Waals surface area contributed by atoms with Crippen molar-refractivity contribution in [1.29, 1.82) is 0 Å². The van der Waals surface area contributed by atoms with E-state index in [1.807, 2.05) is 0 Å². The molecule has 0 aliphatic rings. The Labute approximate surface area is 91.2 Å². The van der Waals surface area contributed by atoms with Crippen molar-refractivity contribution in [3.63, 3.8) is 0 Å². The number of carbonyl (C=O) groups is 2. The Bertz CT molecular complexity index is 303. The van der Waals surface area contributed by atoms with Gasteiger partial charge in [0.15, 0.2) is 0 Å². The number of halogens is 5. The molecule has 0 saturated heterocycles. The van der Waals surface area contributed by atoms with E-state index in [-0.39, 0.29) is 0 Å². The van der Waals surface area contributed by atoms with Gasteiger partial charge in [-0.25, -0.2) is 4.79 Å². The predicted molar refractivity (Wildman–Crippen MR) is 42.3 cm³/mol. The van der Waals surface area contributed by atoms with Crippen molar-refractivity contribution in [2.75, 3.05) is 6.61 Å². The maximum atomic E-state index is 12.4. The first-order chi connectivity index (χ1) is 7.54. The number of carboxylic acids is 1. The van der Waals surface area contributed by atoms with Crippen LogP contribution >= 0.6 is 0 Å². The molecule has 0 radical (unpaired) electrons. The van der Waals surface area contributed by atoms with Gasteiger partial charge in [-0.2, -0.15) is 22.0 Å². The van der Waals surface area contributed by atoms with Crippen LogP contribution in [0.25, 0.3) is 0 Å². The van der Waals surface area contributed by atoms with Gasteiger partial charge >= 0.3 is 24.0 Å². The molecule has 5 nitrogen and oxygen atoms in total. The second kappa shape index (κ2) is 5.25. The summed E-state index contributed by atoms with van der Waals surface area (Å²) in [6, 6.07) is -2.01. The number of rotatable bonds is 5. The molecule has 100 valence electrons. The number of hydrogen-bond acceptors (Lipinski definition) is 3. The van der Waals surface area contributed by atoms with E-state index in [1.54, 1.807) is 0 Å². The van der Waals surface area contributed by atoms with E-state index >= 15 is 0 Å². The molecule has 0 fully saturated rings. The van der Waals surface area contributed by atoms with Gasteiger partial charge in [-0.15, -0.1) is 0 Å². The summed E-state index contributed by atoms with van der Waals surface area (Å²) in [7, 11) is 0. The Morgan fingerprint density at radius 3 is 1.94 bits per heavy atom. The Kier molecular flexibility index (Phi) is 4.81. The monoisotopic (exact) mass is 265 g/mol. The van der Waals surface area contributed by atoms with Crippen LogP contribution in [-0.2, 0) is 9.59 Å². The number of carboxylic acid groups (broad SMARTS) is 1. The first kappa shape index (κ1) is 15.5. The second-order valence-corrected chi connectivity index (χ2v) is 2.95. The van der Waals surface area contributed by atoms with Gasteiger partial charge in [0.2, 0.25) is 0 Å². The van der Waals surface area contributed by atoms with Crippen LogP contribution in [0.15, 0.2) is 0 Å². The molecule has 0 unspecified atom stereocenters. The molecule has 1 atom stereocenters. The van der Waals surface area contributed by atoms with Gasteiger partial charge in [-0.05, 0) is 0 Å². The van der Waals surface area contributed by atoms with E-state index in [9.17, 15) is 31.5 Å². The highest BCUT2D eigenvalue weighted by molar-refractivity contribution is 5.88. The third-order valence-electron chi connectivity index (χ3n) is 1.66. The molecule has 0 aliphatic carbocycles. The number of carbonyl (C=O) groups excluding carboxylic acids is 1. The van der Waals surface area contributed by atoms with Crippen LogP contribution in [0, 0.1) is 0 Å². The van der Waals surface area contributed by atoms with Crippen LogP contribution in [0.1, 0.15) is 6.42 Å². The Morgan fingerprint density at radius 2 is 1.65 bits per heavy atom. The van der Waals surface area contributed by atoms with E-state index < -0.39 is 43.0 Å². The molecule has 0 aromatic rings. The Morgan fingerprint density at radius 1 is 1.18 bits per heavy atom. The van der Waals surface area contributed by atoms with Crippen molar-refractivity contribution >= 4 is 11.9 Å². The highest BCUT2D eigenvalue weighted by Crippen LogP contribution is 2.35. The summed E-state index contributed by atoms with van der Waals surface area (Å²) >= 11 is 0. The van der Waals surface area contributed by atoms with Crippen molar-refractivity contribution in [3.8, 4) is 0 Å². The number of aliphatic carboxylic acids is 1. The van der Waals surface area contributed by atoms with Gasteiger partial charge in [-0.3, -0.25) is 4.79 Å². The van der Waals surface area contributed by atoms with Gasteiger partial charge < -0.3 is 15.5 Å². The van der Waals surface area contributed by atoms with Gasteiger partial charge in [0.1, 0.15) is 6.04 Å². The molecule has 1 amide bonds. The lowest BCUT2D eigenvalue weighted by Gasteiger charge is -2.21. The fraction of sp³-hybridized carbons (Fsp3) is 0.714. The van der Waals surface area contributed by atoms with Gasteiger partial charge in [-0.1, -0.05) is 0 Å². The Balaban J connectivity index is 4.78. The maximum Gasteiger partial charge on any atom is 0.463 e. The fourth-order valence-corrected chi connectivity index (χ4v) is 0.764. The topological polar surface area (TPSA) is 86.6 Å². The van der Waals surface area contributed by atoms with E-state index in [2.05, 4.69) is 0 Å². The molecule has 10 heteroatoms.